The van der Waals surface area contributed by atoms with Crippen molar-refractivity contribution < 1.29 is 4.74 Å². The maximum Gasteiger partial charge on any atom is 0.235 e. The Morgan fingerprint density at radius 1 is 1.24 bits per heavy atom. The van der Waals surface area contributed by atoms with Crippen LogP contribution in [0.2, 0.25) is 5.02 Å². The van der Waals surface area contributed by atoms with Crippen LogP contribution >= 0.6 is 22.9 Å². The fourth-order valence-electron chi connectivity index (χ4n) is 2.30. The zero-order valence-corrected chi connectivity index (χ0v) is 15.2. The van der Waals surface area contributed by atoms with E-state index in [-0.39, 0.29) is 0 Å². The number of benzene rings is 1. The number of fused-ring (bicyclic) bond motifs is 1. The first-order valence-electron chi connectivity index (χ1n) is 7.75. The third kappa shape index (κ3) is 3.22. The van der Waals surface area contributed by atoms with Crippen LogP contribution in [0.5, 0.6) is 5.75 Å². The number of ether oxygens (including phenoxy) is 1. The largest absolute Gasteiger partial charge is 0.486 e. The fraction of sp³-hybridized carbons (Fsp3) is 0.250. The lowest BCUT2D eigenvalue weighted by atomic mass is 10.1. The maximum absolute atomic E-state index is 5.87. The van der Waals surface area contributed by atoms with E-state index < -0.39 is 0 Å². The van der Waals surface area contributed by atoms with Gasteiger partial charge in [0, 0.05) is 10.7 Å². The minimum absolute atomic E-state index is 0.354. The van der Waals surface area contributed by atoms with E-state index in [0.29, 0.717) is 28.3 Å². The van der Waals surface area contributed by atoms with E-state index in [4.69, 9.17) is 16.3 Å². The summed E-state index contributed by atoms with van der Waals surface area (Å²) in [4.78, 5) is 0.707. The Hall–Kier alpha value is -2.45. The summed E-state index contributed by atoms with van der Waals surface area (Å²) in [5.41, 5.74) is 1.78. The molecule has 3 heterocycles. The Labute approximate surface area is 152 Å². The summed E-state index contributed by atoms with van der Waals surface area (Å²) in [5.74, 6) is 1.72. The minimum atomic E-state index is 0.354. The van der Waals surface area contributed by atoms with Crippen molar-refractivity contribution in [2.45, 2.75) is 26.4 Å². The van der Waals surface area contributed by atoms with Gasteiger partial charge in [-0.25, -0.2) is 0 Å². The highest BCUT2D eigenvalue weighted by Gasteiger charge is 2.17. The maximum atomic E-state index is 5.87. The molecule has 1 aromatic carbocycles. The van der Waals surface area contributed by atoms with Gasteiger partial charge in [-0.05, 0) is 36.2 Å². The Kier molecular flexibility index (Phi) is 4.14. The molecule has 0 fully saturated rings. The molecule has 0 spiro atoms. The van der Waals surface area contributed by atoms with Crippen molar-refractivity contribution in [1.29, 1.82) is 0 Å². The molecule has 128 valence electrons. The predicted octanol–water partition coefficient (Wildman–Crippen LogP) is 3.93. The number of nitrogens with zero attached hydrogens (tertiary/aromatic N) is 5. The number of halogens is 1. The summed E-state index contributed by atoms with van der Waals surface area (Å²) in [6, 6.07) is 9.20. The molecule has 3 aromatic heterocycles. The molecule has 0 saturated heterocycles. The Balaban J connectivity index is 1.56. The van der Waals surface area contributed by atoms with Gasteiger partial charge in [0.25, 0.3) is 0 Å². The predicted molar refractivity (Wildman–Crippen MR) is 96.1 cm³/mol. The van der Waals surface area contributed by atoms with E-state index in [0.717, 1.165) is 22.1 Å². The van der Waals surface area contributed by atoms with Gasteiger partial charge in [-0.2, -0.15) is 14.7 Å². The van der Waals surface area contributed by atoms with Crippen LogP contribution in [0.15, 0.2) is 30.3 Å². The van der Waals surface area contributed by atoms with Crippen LogP contribution in [0.25, 0.3) is 16.5 Å². The molecule has 0 radical (unpaired) electrons. The number of hydrogen-bond donors (Lipinski definition) is 1. The van der Waals surface area contributed by atoms with Crippen molar-refractivity contribution in [3.05, 3.63) is 46.1 Å². The number of hydrogen-bond acceptors (Lipinski definition) is 6. The fourth-order valence-corrected chi connectivity index (χ4v) is 3.17. The molecule has 0 amide bonds. The highest BCUT2D eigenvalue weighted by molar-refractivity contribution is 7.16. The zero-order chi connectivity index (χ0) is 17.4. The topological polar surface area (TPSA) is 81.0 Å². The van der Waals surface area contributed by atoms with Crippen LogP contribution in [-0.4, -0.2) is 30.0 Å². The van der Waals surface area contributed by atoms with Crippen molar-refractivity contribution in [1.82, 2.24) is 30.0 Å². The van der Waals surface area contributed by atoms with Gasteiger partial charge in [0.2, 0.25) is 10.8 Å². The van der Waals surface area contributed by atoms with Crippen LogP contribution in [0.1, 0.15) is 30.5 Å². The van der Waals surface area contributed by atoms with E-state index >= 15 is 0 Å². The molecule has 0 aliphatic heterocycles. The molecule has 0 aliphatic carbocycles. The first-order chi connectivity index (χ1) is 12.1. The van der Waals surface area contributed by atoms with Gasteiger partial charge in [0.1, 0.15) is 18.1 Å². The van der Waals surface area contributed by atoms with Crippen LogP contribution < -0.4 is 4.74 Å². The van der Waals surface area contributed by atoms with Gasteiger partial charge < -0.3 is 4.74 Å². The second-order valence-electron chi connectivity index (χ2n) is 5.82. The van der Waals surface area contributed by atoms with Crippen LogP contribution in [-0.2, 0) is 6.61 Å². The van der Waals surface area contributed by atoms with E-state index in [9.17, 15) is 0 Å². The molecule has 4 rings (SSSR count). The van der Waals surface area contributed by atoms with Gasteiger partial charge >= 0.3 is 0 Å². The van der Waals surface area contributed by atoms with E-state index in [1.165, 1.54) is 11.3 Å². The zero-order valence-electron chi connectivity index (χ0n) is 13.6. The summed E-state index contributed by atoms with van der Waals surface area (Å²) >= 11 is 7.31. The molecule has 0 atom stereocenters. The molecule has 1 N–H and O–H groups in total. The second-order valence-corrected chi connectivity index (χ2v) is 7.30. The van der Waals surface area contributed by atoms with Crippen molar-refractivity contribution in [2.75, 3.05) is 0 Å². The third-order valence-corrected chi connectivity index (χ3v) is 4.78. The summed E-state index contributed by atoms with van der Waals surface area (Å²) < 4.78 is 7.43. The minimum Gasteiger partial charge on any atom is -0.486 e. The monoisotopic (exact) mass is 374 g/mol. The SMILES string of the molecule is CC(C)c1cc(-c2nnc3sc(COc4ccc(Cl)cc4)nn23)n[nH]1. The summed E-state index contributed by atoms with van der Waals surface area (Å²) in [7, 11) is 0. The number of rotatable bonds is 5. The Morgan fingerprint density at radius 2 is 2.04 bits per heavy atom. The molecule has 7 nitrogen and oxygen atoms in total. The molecule has 25 heavy (non-hydrogen) atoms. The first kappa shape index (κ1) is 16.0. The quantitative estimate of drug-likeness (QED) is 0.572. The van der Waals surface area contributed by atoms with Gasteiger partial charge in [-0.3, -0.25) is 5.10 Å². The average Bonchev–Trinajstić information content (AvgIpc) is 3.29. The molecule has 9 heteroatoms. The van der Waals surface area contributed by atoms with Gasteiger partial charge in [0.15, 0.2) is 5.01 Å². The standard InChI is InChI=1S/C16H15ClN6OS/c1-9(2)12-7-13(19-18-12)15-20-21-16-23(15)22-14(25-16)8-24-11-5-3-10(17)4-6-11/h3-7,9H,8H2,1-2H3,(H,18,19). The molecule has 4 aromatic rings. The molecular weight excluding hydrogens is 360 g/mol. The van der Waals surface area contributed by atoms with Gasteiger partial charge in [-0.15, -0.1) is 10.2 Å². The van der Waals surface area contributed by atoms with E-state index in [2.05, 4.69) is 39.3 Å². The van der Waals surface area contributed by atoms with Gasteiger partial charge in [0.05, 0.1) is 0 Å². The number of H-pyrrole nitrogens is 1. The average molecular weight is 375 g/mol. The number of aromatic nitrogens is 6. The second kappa shape index (κ2) is 6.45. The Bertz CT molecular complexity index is 1000. The lowest BCUT2D eigenvalue weighted by Crippen LogP contribution is -1.97. The number of aromatic amines is 1. The van der Waals surface area contributed by atoms with Crippen LogP contribution in [0.3, 0.4) is 0 Å². The van der Waals surface area contributed by atoms with Crippen molar-refractivity contribution >= 4 is 27.9 Å². The lowest BCUT2D eigenvalue weighted by Gasteiger charge is -2.02. The smallest absolute Gasteiger partial charge is 0.235 e. The van der Waals surface area contributed by atoms with Crippen molar-refractivity contribution in [2.24, 2.45) is 0 Å². The summed E-state index contributed by atoms with van der Waals surface area (Å²) in [6.45, 7) is 4.56. The summed E-state index contributed by atoms with van der Waals surface area (Å²) in [6.07, 6.45) is 0. The molecule has 0 saturated carbocycles. The number of nitrogens with one attached hydrogen (secondary N) is 1. The summed E-state index contributed by atoms with van der Waals surface area (Å²) in [5, 5.41) is 21.7. The van der Waals surface area contributed by atoms with E-state index in [1.807, 2.05) is 18.2 Å². The van der Waals surface area contributed by atoms with Crippen LogP contribution in [0, 0.1) is 0 Å². The van der Waals surface area contributed by atoms with Gasteiger partial charge in [-0.1, -0.05) is 36.8 Å². The highest BCUT2D eigenvalue weighted by atomic mass is 35.5. The molecular formula is C16H15ClN6OS. The normalized spacial score (nSPS) is 11.5. The first-order valence-corrected chi connectivity index (χ1v) is 8.95. The van der Waals surface area contributed by atoms with Crippen molar-refractivity contribution in [3.8, 4) is 17.3 Å². The third-order valence-electron chi connectivity index (χ3n) is 3.66. The van der Waals surface area contributed by atoms with Crippen LogP contribution in [0.4, 0.5) is 0 Å². The Morgan fingerprint density at radius 3 is 2.76 bits per heavy atom. The molecule has 0 aliphatic rings. The highest BCUT2D eigenvalue weighted by Crippen LogP contribution is 2.24. The molecule has 0 bridgehead atoms. The molecule has 0 unspecified atom stereocenters. The lowest BCUT2D eigenvalue weighted by molar-refractivity contribution is 0.304. The van der Waals surface area contributed by atoms with E-state index in [1.54, 1.807) is 16.6 Å². The van der Waals surface area contributed by atoms with Crippen molar-refractivity contribution in [3.63, 3.8) is 0 Å².